The van der Waals surface area contributed by atoms with E-state index in [1.165, 1.54) is 12.8 Å². The second-order valence-electron chi connectivity index (χ2n) is 5.07. The van der Waals surface area contributed by atoms with Gasteiger partial charge in [-0.1, -0.05) is 12.1 Å². The Labute approximate surface area is 107 Å². The van der Waals surface area contributed by atoms with Gasteiger partial charge in [0.15, 0.2) is 0 Å². The van der Waals surface area contributed by atoms with Gasteiger partial charge in [-0.25, -0.2) is 4.98 Å². The van der Waals surface area contributed by atoms with Gasteiger partial charge in [0.05, 0.1) is 11.0 Å². The van der Waals surface area contributed by atoms with Crippen LogP contribution >= 0.6 is 0 Å². The lowest BCUT2D eigenvalue weighted by Crippen LogP contribution is -2.37. The highest BCUT2D eigenvalue weighted by Crippen LogP contribution is 2.22. The molecule has 1 aliphatic heterocycles. The molecule has 1 aliphatic rings. The number of benzene rings is 1. The third-order valence-corrected chi connectivity index (χ3v) is 3.78. The number of aromatic nitrogens is 2. The Hall–Kier alpha value is -1.55. The molecule has 0 amide bonds. The second kappa shape index (κ2) is 4.98. The summed E-state index contributed by atoms with van der Waals surface area (Å²) in [7, 11) is 2.03. The van der Waals surface area contributed by atoms with E-state index >= 15 is 0 Å². The van der Waals surface area contributed by atoms with E-state index in [1.54, 1.807) is 0 Å². The number of aromatic amines is 1. The van der Waals surface area contributed by atoms with Crippen LogP contribution in [0.5, 0.6) is 0 Å². The summed E-state index contributed by atoms with van der Waals surface area (Å²) in [5, 5.41) is 3.27. The Morgan fingerprint density at radius 1 is 1.33 bits per heavy atom. The van der Waals surface area contributed by atoms with Crippen molar-refractivity contribution < 1.29 is 0 Å². The summed E-state index contributed by atoms with van der Waals surface area (Å²) in [5.41, 5.74) is 2.19. The number of imidazole rings is 1. The van der Waals surface area contributed by atoms with Crippen LogP contribution in [0.4, 0.5) is 5.95 Å². The number of H-pyrrole nitrogens is 1. The van der Waals surface area contributed by atoms with Crippen LogP contribution in [0, 0.1) is 5.92 Å². The number of nitrogens with zero attached hydrogens (tertiary/aromatic N) is 2. The molecular formula is C14H20N4. The number of fused-ring (bicyclic) bond motifs is 1. The summed E-state index contributed by atoms with van der Waals surface area (Å²) >= 11 is 0. The summed E-state index contributed by atoms with van der Waals surface area (Å²) in [5.74, 6) is 1.84. The van der Waals surface area contributed by atoms with Gasteiger partial charge in [0.2, 0.25) is 5.95 Å². The number of para-hydroxylation sites is 2. The number of rotatable bonds is 3. The Morgan fingerprint density at radius 3 is 2.83 bits per heavy atom. The van der Waals surface area contributed by atoms with Crippen molar-refractivity contribution in [1.82, 2.24) is 15.3 Å². The van der Waals surface area contributed by atoms with E-state index in [1.807, 2.05) is 19.2 Å². The van der Waals surface area contributed by atoms with Gasteiger partial charge < -0.3 is 15.2 Å². The van der Waals surface area contributed by atoms with Crippen LogP contribution in [-0.4, -0.2) is 36.6 Å². The van der Waals surface area contributed by atoms with Crippen molar-refractivity contribution in [1.29, 1.82) is 0 Å². The van der Waals surface area contributed by atoms with Crippen LogP contribution in [0.25, 0.3) is 11.0 Å². The van der Waals surface area contributed by atoms with Gasteiger partial charge in [-0.05, 0) is 44.5 Å². The maximum atomic E-state index is 4.66. The molecule has 1 saturated heterocycles. The normalized spacial score (nSPS) is 17.5. The van der Waals surface area contributed by atoms with Gasteiger partial charge >= 0.3 is 0 Å². The first-order chi connectivity index (χ1) is 8.86. The number of hydrogen-bond donors (Lipinski definition) is 2. The van der Waals surface area contributed by atoms with E-state index in [4.69, 9.17) is 0 Å². The lowest BCUT2D eigenvalue weighted by atomic mass is 9.97. The molecule has 4 heteroatoms. The average molecular weight is 244 g/mol. The van der Waals surface area contributed by atoms with E-state index in [-0.39, 0.29) is 0 Å². The number of piperidine rings is 1. The predicted octanol–water partition coefficient (Wildman–Crippen LogP) is 2.00. The first-order valence-electron chi connectivity index (χ1n) is 6.71. The van der Waals surface area contributed by atoms with Gasteiger partial charge in [-0.2, -0.15) is 0 Å². The van der Waals surface area contributed by atoms with Gasteiger partial charge in [-0.15, -0.1) is 0 Å². The molecule has 2 aromatic rings. The molecule has 0 spiro atoms. The molecule has 0 unspecified atom stereocenters. The van der Waals surface area contributed by atoms with E-state index in [9.17, 15) is 0 Å². The molecule has 96 valence electrons. The molecular weight excluding hydrogens is 224 g/mol. The minimum atomic E-state index is 0.815. The SMILES string of the molecule is CNCC1CCN(c2nc3ccccc3[nH]2)CC1. The quantitative estimate of drug-likeness (QED) is 0.868. The molecule has 1 fully saturated rings. The highest BCUT2D eigenvalue weighted by molar-refractivity contribution is 5.77. The summed E-state index contributed by atoms with van der Waals surface area (Å²) in [6.07, 6.45) is 2.50. The molecule has 0 saturated carbocycles. The molecule has 2 N–H and O–H groups in total. The van der Waals surface area contributed by atoms with Crippen molar-refractivity contribution in [2.24, 2.45) is 5.92 Å². The number of hydrogen-bond acceptors (Lipinski definition) is 3. The van der Waals surface area contributed by atoms with Crippen molar-refractivity contribution >= 4 is 17.0 Å². The van der Waals surface area contributed by atoms with Crippen molar-refractivity contribution in [3.8, 4) is 0 Å². The van der Waals surface area contributed by atoms with Crippen molar-refractivity contribution in [3.05, 3.63) is 24.3 Å². The molecule has 4 nitrogen and oxygen atoms in total. The molecule has 0 radical (unpaired) electrons. The molecule has 0 aliphatic carbocycles. The summed E-state index contributed by atoms with van der Waals surface area (Å²) in [4.78, 5) is 10.4. The van der Waals surface area contributed by atoms with Crippen LogP contribution in [0.15, 0.2) is 24.3 Å². The fourth-order valence-electron chi connectivity index (χ4n) is 2.73. The highest BCUT2D eigenvalue weighted by atomic mass is 15.3. The van der Waals surface area contributed by atoms with Gasteiger partial charge in [0.25, 0.3) is 0 Å². The minimum absolute atomic E-state index is 0.815. The number of nitrogens with one attached hydrogen (secondary N) is 2. The van der Waals surface area contributed by atoms with E-state index in [0.717, 1.165) is 42.5 Å². The van der Waals surface area contributed by atoms with Crippen LogP contribution in [0.2, 0.25) is 0 Å². The maximum Gasteiger partial charge on any atom is 0.203 e. The monoisotopic (exact) mass is 244 g/mol. The molecule has 0 atom stereocenters. The van der Waals surface area contributed by atoms with Gasteiger partial charge in [0, 0.05) is 13.1 Å². The fourth-order valence-corrected chi connectivity index (χ4v) is 2.73. The van der Waals surface area contributed by atoms with E-state index in [2.05, 4.69) is 32.3 Å². The predicted molar refractivity (Wildman–Crippen MR) is 75.0 cm³/mol. The molecule has 2 heterocycles. The average Bonchev–Trinajstić information content (AvgIpc) is 2.84. The highest BCUT2D eigenvalue weighted by Gasteiger charge is 2.20. The van der Waals surface area contributed by atoms with Gasteiger partial charge in [-0.3, -0.25) is 0 Å². The van der Waals surface area contributed by atoms with Crippen molar-refractivity contribution in [2.75, 3.05) is 31.6 Å². The molecule has 1 aromatic heterocycles. The Balaban J connectivity index is 1.72. The second-order valence-corrected chi connectivity index (χ2v) is 5.07. The smallest absolute Gasteiger partial charge is 0.203 e. The summed E-state index contributed by atoms with van der Waals surface area (Å²) < 4.78 is 0. The molecule has 3 rings (SSSR count). The lowest BCUT2D eigenvalue weighted by molar-refractivity contribution is 0.391. The zero-order valence-electron chi connectivity index (χ0n) is 10.8. The van der Waals surface area contributed by atoms with Crippen molar-refractivity contribution in [3.63, 3.8) is 0 Å². The molecule has 0 bridgehead atoms. The third-order valence-electron chi connectivity index (χ3n) is 3.78. The zero-order chi connectivity index (χ0) is 12.4. The summed E-state index contributed by atoms with van der Waals surface area (Å²) in [6, 6.07) is 8.22. The Kier molecular flexibility index (Phi) is 3.19. The topological polar surface area (TPSA) is 44.0 Å². The summed E-state index contributed by atoms with van der Waals surface area (Å²) in [6.45, 7) is 3.34. The molecule has 1 aromatic carbocycles. The zero-order valence-corrected chi connectivity index (χ0v) is 10.8. The van der Waals surface area contributed by atoms with E-state index in [0.29, 0.717) is 0 Å². The van der Waals surface area contributed by atoms with E-state index < -0.39 is 0 Å². The fraction of sp³-hybridized carbons (Fsp3) is 0.500. The maximum absolute atomic E-state index is 4.66. The Morgan fingerprint density at radius 2 is 2.11 bits per heavy atom. The molecule has 18 heavy (non-hydrogen) atoms. The van der Waals surface area contributed by atoms with Crippen LogP contribution < -0.4 is 10.2 Å². The van der Waals surface area contributed by atoms with Crippen LogP contribution in [0.1, 0.15) is 12.8 Å². The number of anilines is 1. The first-order valence-corrected chi connectivity index (χ1v) is 6.71. The minimum Gasteiger partial charge on any atom is -0.342 e. The first kappa shape index (κ1) is 11.5. The van der Waals surface area contributed by atoms with Crippen LogP contribution in [-0.2, 0) is 0 Å². The van der Waals surface area contributed by atoms with Gasteiger partial charge in [0.1, 0.15) is 0 Å². The third kappa shape index (κ3) is 2.20. The van der Waals surface area contributed by atoms with Crippen LogP contribution in [0.3, 0.4) is 0 Å². The van der Waals surface area contributed by atoms with Crippen molar-refractivity contribution in [2.45, 2.75) is 12.8 Å². The standard InChI is InChI=1S/C14H20N4/c1-15-10-11-6-8-18(9-7-11)14-16-12-4-2-3-5-13(12)17-14/h2-5,11,15H,6-10H2,1H3,(H,16,17). The Bertz CT molecular complexity index is 478. The lowest BCUT2D eigenvalue weighted by Gasteiger charge is -2.31. The largest absolute Gasteiger partial charge is 0.342 e.